The number of nitro groups is 1. The quantitative estimate of drug-likeness (QED) is 0.635. The van der Waals surface area contributed by atoms with Gasteiger partial charge >= 0.3 is 11.5 Å². The summed E-state index contributed by atoms with van der Waals surface area (Å²) >= 11 is 0. The standard InChI is InChI=1S/C11H12F3N3O4S/c1-7-8(3-2-4-9(7)17(19)20)16-10(18)15-5-6-22(21)11(12,13)14/h2-4H,5-6H2,1H3,(H2,15,16,18)/t22-/m1/s1. The molecule has 0 fully saturated rings. The number of rotatable bonds is 5. The van der Waals surface area contributed by atoms with Crippen LogP contribution in [-0.2, 0) is 10.8 Å². The van der Waals surface area contributed by atoms with Crippen LogP contribution >= 0.6 is 0 Å². The molecule has 7 nitrogen and oxygen atoms in total. The highest BCUT2D eigenvalue weighted by Gasteiger charge is 2.36. The first kappa shape index (κ1) is 17.9. The molecule has 0 heterocycles. The number of nitrogens with zero attached hydrogens (tertiary/aromatic N) is 1. The van der Waals surface area contributed by atoms with E-state index in [-0.39, 0.29) is 16.9 Å². The van der Waals surface area contributed by atoms with Gasteiger partial charge in [-0.05, 0) is 13.0 Å². The second-order valence-corrected chi connectivity index (χ2v) is 5.65. The molecule has 0 spiro atoms. The average molecular weight is 339 g/mol. The number of hydrogen-bond acceptors (Lipinski definition) is 4. The molecule has 0 aliphatic heterocycles. The summed E-state index contributed by atoms with van der Waals surface area (Å²) in [7, 11) is -3.05. The lowest BCUT2D eigenvalue weighted by atomic mass is 10.1. The summed E-state index contributed by atoms with van der Waals surface area (Å²) in [5.74, 6) is -0.773. The van der Waals surface area contributed by atoms with E-state index in [4.69, 9.17) is 0 Å². The van der Waals surface area contributed by atoms with Crippen LogP contribution in [0.3, 0.4) is 0 Å². The van der Waals surface area contributed by atoms with Gasteiger partial charge in [0.2, 0.25) is 0 Å². The van der Waals surface area contributed by atoms with Crippen LogP contribution in [0.4, 0.5) is 29.3 Å². The monoisotopic (exact) mass is 339 g/mol. The van der Waals surface area contributed by atoms with Crippen LogP contribution < -0.4 is 10.6 Å². The number of carbonyl (C=O) groups excluding carboxylic acids is 1. The molecule has 11 heteroatoms. The maximum atomic E-state index is 12.0. The Morgan fingerprint density at radius 3 is 2.59 bits per heavy atom. The number of urea groups is 1. The Labute approximate surface area is 125 Å². The minimum atomic E-state index is -4.82. The molecule has 0 aliphatic rings. The fraction of sp³-hybridized carbons (Fsp3) is 0.364. The van der Waals surface area contributed by atoms with E-state index in [9.17, 15) is 32.3 Å². The predicted molar refractivity (Wildman–Crippen MR) is 73.9 cm³/mol. The van der Waals surface area contributed by atoms with Gasteiger partial charge in [-0.3, -0.25) is 14.3 Å². The van der Waals surface area contributed by atoms with Gasteiger partial charge in [-0.2, -0.15) is 13.2 Å². The Kier molecular flexibility index (Phi) is 5.85. The van der Waals surface area contributed by atoms with E-state index in [1.165, 1.54) is 25.1 Å². The largest absolute Gasteiger partial charge is 0.471 e. The van der Waals surface area contributed by atoms with Gasteiger partial charge in [-0.25, -0.2) is 4.79 Å². The van der Waals surface area contributed by atoms with Crippen LogP contribution in [0, 0.1) is 17.0 Å². The number of benzene rings is 1. The second-order valence-electron chi connectivity index (χ2n) is 4.08. The molecule has 2 amide bonds. The van der Waals surface area contributed by atoms with E-state index in [0.29, 0.717) is 0 Å². The van der Waals surface area contributed by atoms with Crippen molar-refractivity contribution in [3.8, 4) is 0 Å². The van der Waals surface area contributed by atoms with Gasteiger partial charge in [0, 0.05) is 18.4 Å². The molecule has 0 aliphatic carbocycles. The Balaban J connectivity index is 2.58. The SMILES string of the molecule is Cc1c(NC(=O)NCC[S@@](=O)C(F)(F)F)cccc1[N+](=O)[O-]. The van der Waals surface area contributed by atoms with E-state index in [1.54, 1.807) is 0 Å². The summed E-state index contributed by atoms with van der Waals surface area (Å²) in [6.45, 7) is 0.971. The van der Waals surface area contributed by atoms with Crippen molar-refractivity contribution in [2.45, 2.75) is 12.4 Å². The summed E-state index contributed by atoms with van der Waals surface area (Å²) < 4.78 is 46.7. The van der Waals surface area contributed by atoms with Crippen molar-refractivity contribution in [1.82, 2.24) is 5.32 Å². The van der Waals surface area contributed by atoms with Crippen molar-refractivity contribution in [2.24, 2.45) is 0 Å². The highest BCUT2D eigenvalue weighted by molar-refractivity contribution is 7.85. The number of alkyl halides is 3. The number of hydrogen-bond donors (Lipinski definition) is 2. The third-order valence-electron chi connectivity index (χ3n) is 2.58. The van der Waals surface area contributed by atoms with Gasteiger partial charge in [-0.15, -0.1) is 0 Å². The first-order valence-electron chi connectivity index (χ1n) is 5.87. The summed E-state index contributed by atoms with van der Waals surface area (Å²) in [6.07, 6.45) is 0. The van der Waals surface area contributed by atoms with Crippen molar-refractivity contribution in [3.05, 3.63) is 33.9 Å². The molecule has 0 saturated heterocycles. The van der Waals surface area contributed by atoms with Gasteiger partial charge in [0.25, 0.3) is 5.69 Å². The van der Waals surface area contributed by atoms with Crippen LogP contribution in [0.2, 0.25) is 0 Å². The van der Waals surface area contributed by atoms with E-state index in [0.717, 1.165) is 0 Å². The number of nitrogens with one attached hydrogen (secondary N) is 2. The number of nitro benzene ring substituents is 1. The molecular weight excluding hydrogens is 327 g/mol. The van der Waals surface area contributed by atoms with Crippen LogP contribution in [0.1, 0.15) is 5.56 Å². The van der Waals surface area contributed by atoms with Crippen LogP contribution in [0.5, 0.6) is 0 Å². The molecule has 1 aromatic rings. The van der Waals surface area contributed by atoms with Crippen molar-refractivity contribution in [1.29, 1.82) is 0 Å². The van der Waals surface area contributed by atoms with E-state index >= 15 is 0 Å². The number of carbonyl (C=O) groups is 1. The molecule has 0 unspecified atom stereocenters. The molecule has 0 bridgehead atoms. The van der Waals surface area contributed by atoms with Gasteiger partial charge < -0.3 is 10.6 Å². The third-order valence-corrected chi connectivity index (χ3v) is 3.67. The average Bonchev–Trinajstić information content (AvgIpc) is 2.39. The molecule has 0 radical (unpaired) electrons. The smallest absolute Gasteiger partial charge is 0.337 e. The molecule has 0 saturated carbocycles. The van der Waals surface area contributed by atoms with Crippen molar-refractivity contribution >= 4 is 28.2 Å². The molecule has 1 aromatic carbocycles. The summed E-state index contributed by atoms with van der Waals surface area (Å²) in [6, 6.07) is 3.18. The van der Waals surface area contributed by atoms with Gasteiger partial charge in [0.15, 0.2) is 0 Å². The fourth-order valence-electron chi connectivity index (χ4n) is 1.50. The maximum absolute atomic E-state index is 12.0. The molecule has 2 N–H and O–H groups in total. The van der Waals surface area contributed by atoms with E-state index < -0.39 is 39.6 Å². The highest BCUT2D eigenvalue weighted by atomic mass is 32.2. The Morgan fingerprint density at radius 1 is 1.41 bits per heavy atom. The zero-order valence-electron chi connectivity index (χ0n) is 11.3. The molecule has 1 rings (SSSR count). The van der Waals surface area contributed by atoms with E-state index in [1.807, 2.05) is 0 Å². The Bertz CT molecular complexity index is 607. The lowest BCUT2D eigenvalue weighted by Gasteiger charge is -2.10. The Hall–Kier alpha value is -2.17. The zero-order chi connectivity index (χ0) is 16.9. The third kappa shape index (κ3) is 4.98. The number of amides is 2. The van der Waals surface area contributed by atoms with Crippen molar-refractivity contribution in [3.63, 3.8) is 0 Å². The zero-order valence-corrected chi connectivity index (χ0v) is 12.1. The summed E-state index contributed by atoms with van der Waals surface area (Å²) in [4.78, 5) is 21.6. The first-order valence-corrected chi connectivity index (χ1v) is 7.19. The molecular formula is C11H12F3N3O4S. The lowest BCUT2D eigenvalue weighted by Crippen LogP contribution is -2.34. The van der Waals surface area contributed by atoms with Crippen molar-refractivity contribution in [2.75, 3.05) is 17.6 Å². The van der Waals surface area contributed by atoms with E-state index in [2.05, 4.69) is 10.6 Å². The maximum Gasteiger partial charge on any atom is 0.471 e. The van der Waals surface area contributed by atoms with Crippen molar-refractivity contribution < 1.29 is 27.1 Å². The Morgan fingerprint density at radius 2 is 2.05 bits per heavy atom. The highest BCUT2D eigenvalue weighted by Crippen LogP contribution is 2.24. The fourth-order valence-corrected chi connectivity index (χ4v) is 2.02. The van der Waals surface area contributed by atoms with Gasteiger partial charge in [0.05, 0.1) is 16.2 Å². The number of anilines is 1. The molecule has 0 aromatic heterocycles. The lowest BCUT2D eigenvalue weighted by molar-refractivity contribution is -0.385. The number of halogens is 3. The topological polar surface area (TPSA) is 101 Å². The minimum Gasteiger partial charge on any atom is -0.337 e. The molecule has 22 heavy (non-hydrogen) atoms. The normalized spacial score (nSPS) is 12.5. The first-order chi connectivity index (χ1) is 10.1. The van der Waals surface area contributed by atoms with Gasteiger partial charge in [0.1, 0.15) is 10.8 Å². The van der Waals surface area contributed by atoms with Crippen LogP contribution in [0.15, 0.2) is 18.2 Å². The van der Waals surface area contributed by atoms with Crippen LogP contribution in [-0.4, -0.2) is 33.0 Å². The molecule has 122 valence electrons. The second kappa shape index (κ2) is 7.20. The molecule has 1 atom stereocenters. The van der Waals surface area contributed by atoms with Crippen LogP contribution in [0.25, 0.3) is 0 Å². The van der Waals surface area contributed by atoms with Gasteiger partial charge in [-0.1, -0.05) is 6.07 Å². The minimum absolute atomic E-state index is 0.156. The summed E-state index contributed by atoms with van der Waals surface area (Å²) in [5.41, 5.74) is -4.66. The predicted octanol–water partition coefficient (Wildman–Crippen LogP) is 2.29. The summed E-state index contributed by atoms with van der Waals surface area (Å²) in [5, 5.41) is 15.1.